The van der Waals surface area contributed by atoms with Gasteiger partial charge in [-0.2, -0.15) is 0 Å². The largest absolute Gasteiger partial charge is 0.322 e. The molecule has 0 unspecified atom stereocenters. The highest BCUT2D eigenvalue weighted by molar-refractivity contribution is 6.24. The van der Waals surface area contributed by atoms with Crippen LogP contribution in [0.2, 0.25) is 0 Å². The van der Waals surface area contributed by atoms with E-state index in [2.05, 4.69) is 15.6 Å². The molecule has 0 radical (unpaired) electrons. The lowest BCUT2D eigenvalue weighted by Gasteiger charge is -2.17. The number of carbonyl (C=O) groups excluding carboxylic acids is 2. The molecular formula is C29H19N5O6. The molecule has 40 heavy (non-hydrogen) atoms. The standard InChI is InChI=1S/C29H19N5O6/c35-28(30-19-12-6-2-7-13-19)24-22-16-21(33(37)38)17-23(34(39)40)27(22)32-26(18-10-4-1-5-11-18)25(24)29(36)31-20-14-8-3-9-15-20/h1-17H,(H,30,35)(H,31,36). The molecule has 0 aliphatic rings. The SMILES string of the molecule is O=C(Nc1ccccc1)c1c(-c2ccccc2)nc2c([N+](=O)[O-])cc([N+](=O)[O-])cc2c1C(=O)Nc1ccccc1. The van der Waals surface area contributed by atoms with Crippen molar-refractivity contribution in [1.82, 2.24) is 4.98 Å². The number of anilines is 2. The van der Waals surface area contributed by atoms with Gasteiger partial charge >= 0.3 is 5.69 Å². The summed E-state index contributed by atoms with van der Waals surface area (Å²) in [5, 5.41) is 29.0. The first-order chi connectivity index (χ1) is 19.3. The van der Waals surface area contributed by atoms with Gasteiger partial charge in [-0.25, -0.2) is 4.98 Å². The number of nitrogens with one attached hydrogen (secondary N) is 2. The van der Waals surface area contributed by atoms with Crippen LogP contribution in [0, 0.1) is 20.2 Å². The first-order valence-corrected chi connectivity index (χ1v) is 11.9. The summed E-state index contributed by atoms with van der Waals surface area (Å²) in [6, 6.07) is 27.0. The van der Waals surface area contributed by atoms with Gasteiger partial charge in [0.15, 0.2) is 0 Å². The van der Waals surface area contributed by atoms with Gasteiger partial charge in [-0.1, -0.05) is 66.7 Å². The third-order valence-corrected chi connectivity index (χ3v) is 6.03. The molecule has 11 heteroatoms. The van der Waals surface area contributed by atoms with Crippen LogP contribution in [0.4, 0.5) is 22.7 Å². The first-order valence-electron chi connectivity index (χ1n) is 11.9. The molecule has 5 rings (SSSR count). The van der Waals surface area contributed by atoms with Crippen molar-refractivity contribution in [2.45, 2.75) is 0 Å². The molecule has 2 N–H and O–H groups in total. The van der Waals surface area contributed by atoms with Crippen LogP contribution >= 0.6 is 0 Å². The van der Waals surface area contributed by atoms with Gasteiger partial charge in [0, 0.05) is 28.4 Å². The van der Waals surface area contributed by atoms with Gasteiger partial charge in [0.2, 0.25) is 0 Å². The number of non-ortho nitro benzene ring substituents is 2. The van der Waals surface area contributed by atoms with E-state index in [1.54, 1.807) is 91.0 Å². The lowest BCUT2D eigenvalue weighted by molar-refractivity contribution is -0.393. The second-order valence-corrected chi connectivity index (χ2v) is 8.59. The van der Waals surface area contributed by atoms with Crippen molar-refractivity contribution in [1.29, 1.82) is 0 Å². The summed E-state index contributed by atoms with van der Waals surface area (Å²) >= 11 is 0. The number of amides is 2. The van der Waals surface area contributed by atoms with Crippen LogP contribution in [0.5, 0.6) is 0 Å². The number of hydrogen-bond acceptors (Lipinski definition) is 7. The predicted molar refractivity (Wildman–Crippen MR) is 149 cm³/mol. The molecule has 196 valence electrons. The Balaban J connectivity index is 1.88. The average molecular weight is 534 g/mol. The lowest BCUT2D eigenvalue weighted by Crippen LogP contribution is -2.23. The zero-order valence-electron chi connectivity index (χ0n) is 20.6. The fraction of sp³-hybridized carbons (Fsp3) is 0. The van der Waals surface area contributed by atoms with E-state index in [-0.39, 0.29) is 27.7 Å². The molecule has 1 aromatic heterocycles. The second kappa shape index (κ2) is 10.8. The highest BCUT2D eigenvalue weighted by Crippen LogP contribution is 2.37. The van der Waals surface area contributed by atoms with Gasteiger partial charge in [-0.05, 0) is 24.3 Å². The number of nitro groups is 2. The van der Waals surface area contributed by atoms with E-state index in [1.807, 2.05) is 0 Å². The van der Waals surface area contributed by atoms with Crippen LogP contribution in [0.15, 0.2) is 103 Å². The van der Waals surface area contributed by atoms with E-state index in [9.17, 15) is 29.8 Å². The van der Waals surface area contributed by atoms with Crippen molar-refractivity contribution in [2.24, 2.45) is 0 Å². The number of para-hydroxylation sites is 2. The molecule has 2 amide bonds. The Labute approximate surface area is 226 Å². The maximum Gasteiger partial charge on any atom is 0.302 e. The maximum absolute atomic E-state index is 13.9. The summed E-state index contributed by atoms with van der Waals surface area (Å²) in [7, 11) is 0. The molecular weight excluding hydrogens is 514 g/mol. The van der Waals surface area contributed by atoms with E-state index in [1.165, 1.54) is 0 Å². The number of fused-ring (bicyclic) bond motifs is 1. The van der Waals surface area contributed by atoms with E-state index in [0.717, 1.165) is 12.1 Å². The lowest BCUT2D eigenvalue weighted by atomic mass is 9.94. The Bertz CT molecular complexity index is 1780. The van der Waals surface area contributed by atoms with E-state index < -0.39 is 33.0 Å². The van der Waals surface area contributed by atoms with Crippen molar-refractivity contribution in [3.63, 3.8) is 0 Å². The van der Waals surface area contributed by atoms with Crippen molar-refractivity contribution in [2.75, 3.05) is 10.6 Å². The molecule has 0 saturated heterocycles. The molecule has 11 nitrogen and oxygen atoms in total. The van der Waals surface area contributed by atoms with Crippen LogP contribution in [0.1, 0.15) is 20.7 Å². The van der Waals surface area contributed by atoms with E-state index in [0.29, 0.717) is 16.9 Å². The molecule has 0 saturated carbocycles. The summed E-state index contributed by atoms with van der Waals surface area (Å²) in [4.78, 5) is 54.4. The quantitative estimate of drug-likeness (QED) is 0.186. The summed E-state index contributed by atoms with van der Waals surface area (Å²) in [6.07, 6.45) is 0. The highest BCUT2D eigenvalue weighted by atomic mass is 16.6. The fourth-order valence-electron chi connectivity index (χ4n) is 4.27. The van der Waals surface area contributed by atoms with Crippen LogP contribution in [0.3, 0.4) is 0 Å². The van der Waals surface area contributed by atoms with Crippen molar-refractivity contribution in [3.8, 4) is 11.3 Å². The minimum Gasteiger partial charge on any atom is -0.322 e. The number of aromatic nitrogens is 1. The Morgan fingerprint density at radius 2 is 1.15 bits per heavy atom. The monoisotopic (exact) mass is 533 g/mol. The Hall–Kier alpha value is -5.97. The molecule has 0 fully saturated rings. The molecule has 0 aliphatic heterocycles. The Morgan fingerprint density at radius 3 is 1.65 bits per heavy atom. The van der Waals surface area contributed by atoms with Gasteiger partial charge in [-0.3, -0.25) is 29.8 Å². The first kappa shape index (κ1) is 25.7. The smallest absolute Gasteiger partial charge is 0.302 e. The summed E-state index contributed by atoms with van der Waals surface area (Å²) in [6.45, 7) is 0. The third kappa shape index (κ3) is 5.07. The molecule has 1 heterocycles. The number of rotatable bonds is 7. The normalized spacial score (nSPS) is 10.6. The van der Waals surface area contributed by atoms with Crippen LogP contribution in [-0.4, -0.2) is 26.6 Å². The molecule has 5 aromatic rings. The Kier molecular flexibility index (Phi) is 6.93. The van der Waals surface area contributed by atoms with Crippen LogP contribution in [-0.2, 0) is 0 Å². The maximum atomic E-state index is 13.9. The van der Waals surface area contributed by atoms with E-state index in [4.69, 9.17) is 0 Å². The van der Waals surface area contributed by atoms with Gasteiger partial charge in [0.25, 0.3) is 17.5 Å². The number of hydrogen-bond donors (Lipinski definition) is 2. The predicted octanol–water partition coefficient (Wildman–Crippen LogP) is 6.22. The number of benzene rings is 4. The van der Waals surface area contributed by atoms with Gasteiger partial charge < -0.3 is 10.6 Å². The summed E-state index contributed by atoms with van der Waals surface area (Å²) < 4.78 is 0. The Morgan fingerprint density at radius 1 is 0.650 bits per heavy atom. The highest BCUT2D eigenvalue weighted by Gasteiger charge is 2.31. The van der Waals surface area contributed by atoms with Gasteiger partial charge in [0.1, 0.15) is 5.52 Å². The third-order valence-electron chi connectivity index (χ3n) is 6.03. The molecule has 0 spiro atoms. The molecule has 0 aliphatic carbocycles. The van der Waals surface area contributed by atoms with E-state index >= 15 is 0 Å². The minimum absolute atomic E-state index is 0.00306. The number of pyridine rings is 1. The summed E-state index contributed by atoms with van der Waals surface area (Å²) in [5.74, 6) is -1.53. The molecule has 0 atom stereocenters. The zero-order valence-corrected chi connectivity index (χ0v) is 20.6. The van der Waals surface area contributed by atoms with Gasteiger partial charge in [0.05, 0.1) is 32.7 Å². The van der Waals surface area contributed by atoms with Gasteiger partial charge in [-0.15, -0.1) is 0 Å². The minimum atomic E-state index is -0.806. The zero-order chi connectivity index (χ0) is 28.2. The molecule has 4 aromatic carbocycles. The topological polar surface area (TPSA) is 157 Å². The second-order valence-electron chi connectivity index (χ2n) is 8.59. The number of carbonyl (C=O) groups is 2. The van der Waals surface area contributed by atoms with Crippen LogP contribution in [0.25, 0.3) is 22.2 Å². The molecule has 0 bridgehead atoms. The van der Waals surface area contributed by atoms with Crippen molar-refractivity contribution < 1.29 is 19.4 Å². The number of nitrogens with zero attached hydrogens (tertiary/aromatic N) is 3. The number of nitro benzene ring substituents is 2. The van der Waals surface area contributed by atoms with Crippen LogP contribution < -0.4 is 10.6 Å². The van der Waals surface area contributed by atoms with Crippen molar-refractivity contribution in [3.05, 3.63) is 134 Å². The average Bonchev–Trinajstić information content (AvgIpc) is 2.96. The van der Waals surface area contributed by atoms with Crippen molar-refractivity contribution >= 4 is 45.5 Å². The fourth-order valence-corrected chi connectivity index (χ4v) is 4.27. The summed E-state index contributed by atoms with van der Waals surface area (Å²) in [5.41, 5.74) is -0.871.